The molecule has 0 unspecified atom stereocenters. The van der Waals surface area contributed by atoms with Gasteiger partial charge in [0.15, 0.2) is 12.9 Å². The fourth-order valence-electron chi connectivity index (χ4n) is 1.68. The molecule has 0 saturated carbocycles. The smallest absolute Gasteiger partial charge is 0.344 e. The minimum atomic E-state index is -0.414. The van der Waals surface area contributed by atoms with Crippen LogP contribution in [0, 0.1) is 0 Å². The molecule has 0 spiro atoms. The quantitative estimate of drug-likeness (QED) is 0.746. The van der Waals surface area contributed by atoms with Crippen molar-refractivity contribution in [3.63, 3.8) is 0 Å². The van der Waals surface area contributed by atoms with Gasteiger partial charge >= 0.3 is 5.97 Å². The van der Waals surface area contributed by atoms with E-state index in [0.717, 1.165) is 5.56 Å². The molecule has 5 nitrogen and oxygen atoms in total. The summed E-state index contributed by atoms with van der Waals surface area (Å²) < 4.78 is 21.1. The Hall–Kier alpha value is -1.59. The minimum Gasteiger partial charge on any atom is -0.481 e. The van der Waals surface area contributed by atoms with Crippen LogP contribution in [0.3, 0.4) is 0 Å². The number of para-hydroxylation sites is 1. The first-order chi connectivity index (χ1) is 8.81. The SMILES string of the molecule is CCOC(=O)COc1ccccc1C1OCCO1. The highest BCUT2D eigenvalue weighted by molar-refractivity contribution is 5.71. The Bertz CT molecular complexity index is 398. The Balaban J connectivity index is 2.00. The molecule has 1 fully saturated rings. The highest BCUT2D eigenvalue weighted by Crippen LogP contribution is 2.30. The van der Waals surface area contributed by atoms with E-state index in [4.69, 9.17) is 18.9 Å². The average Bonchev–Trinajstić information content (AvgIpc) is 2.91. The van der Waals surface area contributed by atoms with Gasteiger partial charge in [-0.25, -0.2) is 4.79 Å². The molecule has 98 valence electrons. The Morgan fingerprint density at radius 2 is 2.06 bits per heavy atom. The molecule has 2 rings (SSSR count). The lowest BCUT2D eigenvalue weighted by Gasteiger charge is -2.14. The molecule has 0 radical (unpaired) electrons. The third kappa shape index (κ3) is 3.21. The Morgan fingerprint density at radius 3 is 2.78 bits per heavy atom. The van der Waals surface area contributed by atoms with Crippen molar-refractivity contribution in [3.8, 4) is 5.75 Å². The van der Waals surface area contributed by atoms with Crippen molar-refractivity contribution in [1.82, 2.24) is 0 Å². The van der Waals surface area contributed by atoms with Gasteiger partial charge in [-0.15, -0.1) is 0 Å². The van der Waals surface area contributed by atoms with E-state index < -0.39 is 6.29 Å². The highest BCUT2D eigenvalue weighted by atomic mass is 16.7. The minimum absolute atomic E-state index is 0.114. The van der Waals surface area contributed by atoms with Crippen LogP contribution in [0.15, 0.2) is 24.3 Å². The molecular weight excluding hydrogens is 236 g/mol. The normalized spacial score (nSPS) is 15.6. The van der Waals surface area contributed by atoms with E-state index in [9.17, 15) is 4.79 Å². The number of carbonyl (C=O) groups is 1. The van der Waals surface area contributed by atoms with Crippen molar-refractivity contribution >= 4 is 5.97 Å². The van der Waals surface area contributed by atoms with Crippen molar-refractivity contribution < 1.29 is 23.7 Å². The lowest BCUT2D eigenvalue weighted by molar-refractivity contribution is -0.145. The Labute approximate surface area is 106 Å². The van der Waals surface area contributed by atoms with Gasteiger partial charge in [-0.2, -0.15) is 0 Å². The van der Waals surface area contributed by atoms with Gasteiger partial charge in [0.05, 0.1) is 19.8 Å². The maximum Gasteiger partial charge on any atom is 0.344 e. The van der Waals surface area contributed by atoms with E-state index in [-0.39, 0.29) is 12.6 Å². The van der Waals surface area contributed by atoms with Crippen LogP contribution in [0.5, 0.6) is 5.75 Å². The van der Waals surface area contributed by atoms with Crippen LogP contribution >= 0.6 is 0 Å². The summed E-state index contributed by atoms with van der Waals surface area (Å²) in [4.78, 5) is 11.2. The lowest BCUT2D eigenvalue weighted by Crippen LogP contribution is -2.15. The van der Waals surface area contributed by atoms with Crippen LogP contribution in [-0.4, -0.2) is 32.4 Å². The fourth-order valence-corrected chi connectivity index (χ4v) is 1.68. The predicted molar refractivity (Wildman–Crippen MR) is 63.2 cm³/mol. The summed E-state index contributed by atoms with van der Waals surface area (Å²) in [5.74, 6) is 0.193. The maximum atomic E-state index is 11.2. The van der Waals surface area contributed by atoms with Crippen molar-refractivity contribution in [1.29, 1.82) is 0 Å². The first-order valence-corrected chi connectivity index (χ1v) is 5.92. The molecular formula is C13H16O5. The largest absolute Gasteiger partial charge is 0.481 e. The van der Waals surface area contributed by atoms with Crippen molar-refractivity contribution in [3.05, 3.63) is 29.8 Å². The number of esters is 1. The van der Waals surface area contributed by atoms with Crippen LogP contribution in [0.2, 0.25) is 0 Å². The van der Waals surface area contributed by atoms with Gasteiger partial charge in [-0.05, 0) is 13.0 Å². The lowest BCUT2D eigenvalue weighted by atomic mass is 10.2. The third-order valence-electron chi connectivity index (χ3n) is 2.45. The molecule has 1 aliphatic rings. The van der Waals surface area contributed by atoms with Crippen LogP contribution in [0.4, 0.5) is 0 Å². The molecule has 1 heterocycles. The van der Waals surface area contributed by atoms with E-state index in [1.807, 2.05) is 18.2 Å². The molecule has 0 N–H and O–H groups in total. The first kappa shape index (κ1) is 12.9. The number of ether oxygens (including phenoxy) is 4. The molecule has 1 aliphatic heterocycles. The van der Waals surface area contributed by atoms with Crippen molar-refractivity contribution in [2.75, 3.05) is 26.4 Å². The number of rotatable bonds is 5. The van der Waals surface area contributed by atoms with E-state index in [2.05, 4.69) is 0 Å². The Morgan fingerprint density at radius 1 is 1.33 bits per heavy atom. The summed E-state index contributed by atoms with van der Waals surface area (Å²) in [6.07, 6.45) is -0.414. The molecule has 1 saturated heterocycles. The third-order valence-corrected chi connectivity index (χ3v) is 2.45. The zero-order valence-electron chi connectivity index (χ0n) is 10.3. The number of benzene rings is 1. The summed E-state index contributed by atoms with van der Waals surface area (Å²) >= 11 is 0. The van der Waals surface area contributed by atoms with Crippen LogP contribution in [0.1, 0.15) is 18.8 Å². The van der Waals surface area contributed by atoms with Gasteiger partial charge in [-0.1, -0.05) is 18.2 Å². The van der Waals surface area contributed by atoms with Gasteiger partial charge in [0, 0.05) is 5.56 Å². The van der Waals surface area contributed by atoms with Crippen molar-refractivity contribution in [2.45, 2.75) is 13.2 Å². The monoisotopic (exact) mass is 252 g/mol. The van der Waals surface area contributed by atoms with E-state index in [1.165, 1.54) is 0 Å². The molecule has 1 aromatic carbocycles. The zero-order valence-corrected chi connectivity index (χ0v) is 10.3. The molecule has 0 aliphatic carbocycles. The first-order valence-electron chi connectivity index (χ1n) is 5.92. The molecule has 0 amide bonds. The number of hydrogen-bond acceptors (Lipinski definition) is 5. The second-order valence-corrected chi connectivity index (χ2v) is 3.71. The summed E-state index contributed by atoms with van der Waals surface area (Å²) in [5, 5.41) is 0. The molecule has 1 aromatic rings. The molecule has 18 heavy (non-hydrogen) atoms. The van der Waals surface area contributed by atoms with Gasteiger partial charge in [0.1, 0.15) is 5.75 Å². The van der Waals surface area contributed by atoms with E-state index >= 15 is 0 Å². The summed E-state index contributed by atoms with van der Waals surface area (Å²) in [6.45, 7) is 3.12. The molecule has 0 atom stereocenters. The van der Waals surface area contributed by atoms with E-state index in [1.54, 1.807) is 13.0 Å². The number of carbonyl (C=O) groups excluding carboxylic acids is 1. The van der Waals surface area contributed by atoms with Crippen LogP contribution in [0.25, 0.3) is 0 Å². The molecule has 5 heteroatoms. The summed E-state index contributed by atoms with van der Waals surface area (Å²) in [6, 6.07) is 7.34. The van der Waals surface area contributed by atoms with Gasteiger partial charge < -0.3 is 18.9 Å². The second-order valence-electron chi connectivity index (χ2n) is 3.71. The van der Waals surface area contributed by atoms with Gasteiger partial charge in [0.25, 0.3) is 0 Å². The van der Waals surface area contributed by atoms with Crippen LogP contribution in [-0.2, 0) is 19.0 Å². The standard InChI is InChI=1S/C13H16O5/c1-2-15-12(14)9-18-11-6-4-3-5-10(11)13-16-7-8-17-13/h3-6,13H,2,7-9H2,1H3. The molecule has 0 bridgehead atoms. The van der Waals surface area contributed by atoms with E-state index in [0.29, 0.717) is 25.6 Å². The maximum absolute atomic E-state index is 11.2. The fraction of sp³-hybridized carbons (Fsp3) is 0.462. The van der Waals surface area contributed by atoms with Gasteiger partial charge in [0.2, 0.25) is 0 Å². The summed E-state index contributed by atoms with van der Waals surface area (Å²) in [7, 11) is 0. The average molecular weight is 252 g/mol. The summed E-state index contributed by atoms with van der Waals surface area (Å²) in [5.41, 5.74) is 0.791. The van der Waals surface area contributed by atoms with Gasteiger partial charge in [-0.3, -0.25) is 0 Å². The highest BCUT2D eigenvalue weighted by Gasteiger charge is 2.22. The Kier molecular flexibility index (Phi) is 4.55. The second kappa shape index (κ2) is 6.37. The topological polar surface area (TPSA) is 54.0 Å². The van der Waals surface area contributed by atoms with Crippen molar-refractivity contribution in [2.24, 2.45) is 0 Å². The number of hydrogen-bond donors (Lipinski definition) is 0. The predicted octanol–water partition coefficient (Wildman–Crippen LogP) is 1.67. The van der Waals surface area contributed by atoms with Crippen LogP contribution < -0.4 is 4.74 Å². The zero-order chi connectivity index (χ0) is 12.8. The molecule has 0 aromatic heterocycles.